The Morgan fingerprint density at radius 1 is 0.247 bits per heavy atom. The summed E-state index contributed by atoms with van der Waals surface area (Å²) in [7, 11) is 0. The van der Waals surface area contributed by atoms with Crippen molar-refractivity contribution in [2.24, 2.45) is 0 Å². The summed E-state index contributed by atoms with van der Waals surface area (Å²) in [5.74, 6) is -28.1. The molecule has 39 heteroatoms. The van der Waals surface area contributed by atoms with Crippen molar-refractivity contribution in [1.29, 1.82) is 0 Å². The van der Waals surface area contributed by atoms with E-state index in [1.54, 1.807) is 0 Å². The lowest BCUT2D eigenvalue weighted by molar-refractivity contribution is -0.271. The summed E-state index contributed by atoms with van der Waals surface area (Å²) < 4.78 is 0. The van der Waals surface area contributed by atoms with Crippen molar-refractivity contribution < 1.29 is 197 Å². The van der Waals surface area contributed by atoms with Crippen molar-refractivity contribution in [1.82, 2.24) is 0 Å². The van der Waals surface area contributed by atoms with Crippen LogP contribution in [0, 0.1) is 13.8 Å². The molecule has 0 atom stereocenters. The molecule has 518 valence electrons. The van der Waals surface area contributed by atoms with E-state index in [2.05, 4.69) is 0 Å². The normalized spacial score (nSPS) is 9.71. The summed E-state index contributed by atoms with van der Waals surface area (Å²) in [6, 6.07) is 12.8. The van der Waals surface area contributed by atoms with Gasteiger partial charge in [-0.3, -0.25) is 0 Å². The van der Waals surface area contributed by atoms with E-state index in [1.165, 1.54) is 13.8 Å². The minimum atomic E-state index is -1.56. The number of benzene rings is 8. The largest absolute Gasteiger partial charge is 0.872 e. The first kappa shape index (κ1) is 79.9. The van der Waals surface area contributed by atoms with Crippen LogP contribution in [0.5, 0.6) is 132 Å². The molecule has 0 saturated heterocycles. The van der Waals surface area contributed by atoms with Crippen LogP contribution >= 0.6 is 0 Å². The molecule has 0 aliphatic rings. The van der Waals surface area contributed by atoms with Gasteiger partial charge < -0.3 is 158 Å². The van der Waals surface area contributed by atoms with Crippen LogP contribution in [0.2, 0.25) is 0 Å². The van der Waals surface area contributed by atoms with Gasteiger partial charge in [0.05, 0.1) is 38.9 Å². The Labute approximate surface area is 535 Å². The van der Waals surface area contributed by atoms with E-state index in [4.69, 9.17) is 117 Å². The van der Waals surface area contributed by atoms with Gasteiger partial charge in [0, 0.05) is 24.3 Å². The van der Waals surface area contributed by atoms with Gasteiger partial charge in [0.2, 0.25) is 0 Å². The highest BCUT2D eigenvalue weighted by Gasteiger charge is 2.18. The van der Waals surface area contributed by atoms with Crippen LogP contribution in [0.1, 0.15) is 94.0 Å². The highest BCUT2D eigenvalue weighted by molar-refractivity contribution is 5.97. The van der Waals surface area contributed by atoms with Crippen molar-refractivity contribution in [2.45, 2.75) is 13.8 Å². The molecular weight excluding hydrogens is 1320 g/mol. The highest BCUT2D eigenvalue weighted by atomic mass is 16.4. The van der Waals surface area contributed by atoms with Crippen molar-refractivity contribution >= 4 is 47.8 Å². The van der Waals surface area contributed by atoms with E-state index in [0.717, 1.165) is 78.9 Å². The third-order valence-corrected chi connectivity index (χ3v) is 11.1. The van der Waals surface area contributed by atoms with E-state index < -0.39 is 219 Å². The highest BCUT2D eigenvalue weighted by Crippen LogP contribution is 2.39. The summed E-state index contributed by atoms with van der Waals surface area (Å²) >= 11 is 0. The van der Waals surface area contributed by atoms with E-state index in [1.807, 2.05) is 0 Å². The minimum absolute atomic E-state index is 0.0878. The number of hydrogen-bond acceptors (Lipinski definition) is 31. The summed E-state index contributed by atoms with van der Waals surface area (Å²) in [6.45, 7) is 2.51. The molecule has 8 aromatic carbocycles. The summed E-state index contributed by atoms with van der Waals surface area (Å²) in [5, 5.41) is 287. The first-order valence-electron chi connectivity index (χ1n) is 24.6. The van der Waals surface area contributed by atoms with E-state index in [-0.39, 0.29) is 16.7 Å². The molecule has 0 fully saturated rings. The van der Waals surface area contributed by atoms with Crippen LogP contribution in [-0.4, -0.2) is 165 Å². The van der Waals surface area contributed by atoms with Gasteiger partial charge in [-0.15, -0.1) is 0 Å². The first-order valence-corrected chi connectivity index (χ1v) is 24.6. The molecule has 97 heavy (non-hydrogen) atoms. The van der Waals surface area contributed by atoms with Gasteiger partial charge in [-0.05, 0) is 97.1 Å². The van der Waals surface area contributed by atoms with Gasteiger partial charge in [-0.2, -0.15) is 0 Å². The van der Waals surface area contributed by atoms with Crippen molar-refractivity contribution in [3.8, 4) is 132 Å². The van der Waals surface area contributed by atoms with E-state index >= 15 is 0 Å². The molecule has 23 N–H and O–H groups in total. The maximum Gasteiger partial charge on any atom is 0.339 e. The fourth-order valence-corrected chi connectivity index (χ4v) is 6.40. The standard InChI is InChI=1S/2C8H8O5.5C7H6O5.C7H6O4/c1-3-6(8(12)13)4(9)2-5(10)7(3)11;1-3-4(9)2-5(10)6(7(3)11)8(12)13;8-4-2-6(10)5(9)1-3(4)7(11)12;8-3-1-4(9)6(7(11)12)5(10)2-3;8-3-1-4(7(11)12)6(10)5(9)2-3;8-3-1-2-4(9)6(10)5(3)7(11)12;8-4-2-1-3(7(11)12)5(9)6(4)10;8-5-2-1-4(7(10)11)3-6(5)9/h2*2,9-11H,1H3,(H,12,13);5*1-2,8-10H,(H,11,12);1-3,8-9H,(H,10,11)/p-8. The molecule has 0 aromatic heterocycles. The lowest BCUT2D eigenvalue weighted by atomic mass is 10.1. The molecule has 0 aliphatic carbocycles. The smallest absolute Gasteiger partial charge is 0.339 e. The van der Waals surface area contributed by atoms with Crippen molar-refractivity contribution in [2.75, 3.05) is 0 Å². The van der Waals surface area contributed by atoms with Gasteiger partial charge in [-0.25, -0.2) is 38.4 Å². The van der Waals surface area contributed by atoms with Crippen LogP contribution in [0.4, 0.5) is 0 Å². The molecule has 8 aromatic rings. The molecule has 0 radical (unpaired) electrons. The fourth-order valence-electron chi connectivity index (χ4n) is 6.40. The van der Waals surface area contributed by atoms with Crippen molar-refractivity contribution in [3.63, 3.8) is 0 Å². The molecule has 8 rings (SSSR count). The second-order valence-corrected chi connectivity index (χ2v) is 17.7. The molecule has 0 heterocycles. The number of carbonyl (C=O) groups is 8. The quantitative estimate of drug-likeness (QED) is 0.0696. The molecule has 39 nitrogen and oxygen atoms in total. The van der Waals surface area contributed by atoms with Gasteiger partial charge in [0.25, 0.3) is 0 Å². The first-order chi connectivity index (χ1) is 44.6. The second-order valence-electron chi connectivity index (χ2n) is 17.7. The topological polar surface area (TPSA) is 786 Å². The molecule has 0 bridgehead atoms. The van der Waals surface area contributed by atoms with E-state index in [0.29, 0.717) is 12.1 Å². The summed E-state index contributed by atoms with van der Waals surface area (Å²) in [4.78, 5) is 82.8. The average molecular weight is 1360 g/mol. The maximum atomic E-state index is 11.2. The minimum Gasteiger partial charge on any atom is -0.872 e. The van der Waals surface area contributed by atoms with Gasteiger partial charge >= 0.3 is 47.8 Å². The lowest BCUT2D eigenvalue weighted by Crippen LogP contribution is -2.06. The zero-order chi connectivity index (χ0) is 75.3. The average Bonchev–Trinajstić information content (AvgIpc) is 0.834. The van der Waals surface area contributed by atoms with Crippen LogP contribution < -0.4 is 40.9 Å². The SMILES string of the molecule is Cc1c(O)cc(O)c(C(=O)O)c1[O-].Cc1c([O-])c(O)cc(O)c1C(=O)O.O=C(O)c1c(O)ccc(O)c1[O-].O=C(O)c1c([O-])cc(O)cc1O.O=C(O)c1cc(O)c(O)cc1[O-].O=C(O)c1cc(O)cc(O)c1[O-].O=C(O)c1ccc(O)c(O)c1[O-].O=C(O)c1ccc([O-])c(O)c1. The second kappa shape index (κ2) is 34.2. The number of carboxylic acids is 8. The number of carboxylic acid groups (broad SMARTS) is 8. The number of aromatic carboxylic acids is 8. The summed E-state index contributed by atoms with van der Waals surface area (Å²) in [5.41, 5.74) is -4.86. The summed E-state index contributed by atoms with van der Waals surface area (Å²) in [6.07, 6.45) is 0. The fraction of sp³-hybridized carbons (Fsp3) is 0.0345. The molecule has 0 amide bonds. The maximum absolute atomic E-state index is 11.2. The Kier molecular flexibility index (Phi) is 28.2. The number of phenols is 15. The molecular formula is C58H44O39-8. The van der Waals surface area contributed by atoms with Crippen LogP contribution in [0.25, 0.3) is 0 Å². The predicted octanol–water partition coefficient (Wildman–Crippen LogP) is -0.132. The number of rotatable bonds is 8. The van der Waals surface area contributed by atoms with Crippen LogP contribution in [0.3, 0.4) is 0 Å². The third kappa shape index (κ3) is 21.8. The lowest BCUT2D eigenvalue weighted by Gasteiger charge is -2.16. The predicted molar refractivity (Wildman–Crippen MR) is 297 cm³/mol. The van der Waals surface area contributed by atoms with Crippen LogP contribution in [-0.2, 0) is 0 Å². The Hall–Kier alpha value is -15.1. The molecule has 0 unspecified atom stereocenters. The van der Waals surface area contributed by atoms with Gasteiger partial charge in [0.1, 0.15) is 74.6 Å². The number of phenolic OH excluding ortho intramolecular Hbond substituents is 11. The Morgan fingerprint density at radius 3 is 1.13 bits per heavy atom. The van der Waals surface area contributed by atoms with E-state index in [9.17, 15) is 79.2 Å². The van der Waals surface area contributed by atoms with Crippen molar-refractivity contribution in [3.05, 3.63) is 147 Å². The van der Waals surface area contributed by atoms with Crippen LogP contribution in [0.15, 0.2) is 91.0 Å². The van der Waals surface area contributed by atoms with Gasteiger partial charge in [0.15, 0.2) is 17.2 Å². The Bertz CT molecular complexity index is 4210. The monoisotopic (exact) mass is 1360 g/mol. The number of hydrogen-bond donors (Lipinski definition) is 23. The number of aromatic hydroxyl groups is 15. The molecule has 0 saturated carbocycles. The third-order valence-electron chi connectivity index (χ3n) is 11.1. The molecule has 0 aliphatic heterocycles. The Balaban J connectivity index is 0.000000555. The van der Waals surface area contributed by atoms with Gasteiger partial charge in [-0.1, -0.05) is 40.6 Å². The zero-order valence-electron chi connectivity index (χ0n) is 48.0. The zero-order valence-corrected chi connectivity index (χ0v) is 48.0. The Morgan fingerprint density at radius 2 is 0.670 bits per heavy atom. The molecule has 0 spiro atoms.